The van der Waals surface area contributed by atoms with Gasteiger partial charge in [0, 0.05) is 22.9 Å². The molecule has 146 valence electrons. The summed E-state index contributed by atoms with van der Waals surface area (Å²) in [7, 11) is 0. The molecule has 2 heterocycles. The zero-order valence-corrected chi connectivity index (χ0v) is 15.7. The highest BCUT2D eigenvalue weighted by Crippen LogP contribution is 2.37. The van der Waals surface area contributed by atoms with Gasteiger partial charge in [-0.25, -0.2) is 4.79 Å². The Kier molecular flexibility index (Phi) is 4.59. The molecular formula is C21H17N3O5. The quantitative estimate of drug-likeness (QED) is 0.398. The second kappa shape index (κ2) is 7.23. The third-order valence-electron chi connectivity index (χ3n) is 4.42. The minimum atomic E-state index is -0.627. The molecule has 0 saturated carbocycles. The summed E-state index contributed by atoms with van der Waals surface area (Å²) in [6.07, 6.45) is 0. The molecule has 0 bridgehead atoms. The van der Waals surface area contributed by atoms with Crippen LogP contribution in [0.3, 0.4) is 0 Å². The second-order valence-electron chi connectivity index (χ2n) is 6.66. The monoisotopic (exact) mass is 391 g/mol. The number of aromatic nitrogens is 1. The van der Waals surface area contributed by atoms with Crippen molar-refractivity contribution in [3.63, 3.8) is 0 Å². The number of H-pyrrole nitrogens is 1. The zero-order valence-electron chi connectivity index (χ0n) is 15.7. The number of nitrogens with zero attached hydrogens (tertiary/aromatic N) is 2. The van der Waals surface area contributed by atoms with Gasteiger partial charge >= 0.3 is 11.5 Å². The Morgan fingerprint density at radius 2 is 1.97 bits per heavy atom. The van der Waals surface area contributed by atoms with Gasteiger partial charge in [-0.05, 0) is 43.7 Å². The van der Waals surface area contributed by atoms with Gasteiger partial charge in [-0.15, -0.1) is 10.2 Å². The van der Waals surface area contributed by atoms with Crippen molar-refractivity contribution in [2.24, 2.45) is 10.2 Å². The number of aromatic amines is 1. The summed E-state index contributed by atoms with van der Waals surface area (Å²) >= 11 is 0. The Bertz CT molecular complexity index is 1330. The molecule has 1 amide bonds. The van der Waals surface area contributed by atoms with E-state index in [4.69, 9.17) is 9.15 Å². The molecular weight excluding hydrogens is 374 g/mol. The number of nitrogens with one attached hydrogen (secondary N) is 1. The average molecular weight is 391 g/mol. The smallest absolute Gasteiger partial charge is 0.336 e. The van der Waals surface area contributed by atoms with Crippen molar-refractivity contribution in [2.75, 3.05) is 6.61 Å². The lowest BCUT2D eigenvalue weighted by atomic mass is 10.1. The fourth-order valence-corrected chi connectivity index (χ4v) is 3.14. The Morgan fingerprint density at radius 1 is 1.17 bits per heavy atom. The molecule has 29 heavy (non-hydrogen) atoms. The Morgan fingerprint density at radius 3 is 2.79 bits per heavy atom. The zero-order chi connectivity index (χ0) is 20.5. The maximum Gasteiger partial charge on any atom is 0.336 e. The van der Waals surface area contributed by atoms with E-state index >= 15 is 0 Å². The molecule has 2 N–H and O–H groups in total. The van der Waals surface area contributed by atoms with Gasteiger partial charge in [-0.3, -0.25) is 4.79 Å². The molecule has 0 saturated heterocycles. The predicted octanol–water partition coefficient (Wildman–Crippen LogP) is 4.29. The van der Waals surface area contributed by atoms with E-state index in [9.17, 15) is 14.7 Å². The number of hydrogen-bond acceptors (Lipinski definition) is 6. The van der Waals surface area contributed by atoms with Crippen molar-refractivity contribution in [2.45, 2.75) is 13.8 Å². The first kappa shape index (κ1) is 18.4. The van der Waals surface area contributed by atoms with Crippen LogP contribution in [0.2, 0.25) is 0 Å². The Balaban J connectivity index is 1.50. The van der Waals surface area contributed by atoms with Gasteiger partial charge in [0.1, 0.15) is 11.3 Å². The van der Waals surface area contributed by atoms with Crippen molar-refractivity contribution >= 4 is 33.5 Å². The van der Waals surface area contributed by atoms with Gasteiger partial charge in [0.25, 0.3) is 0 Å². The van der Waals surface area contributed by atoms with Gasteiger partial charge in [0.2, 0.25) is 5.88 Å². The van der Waals surface area contributed by atoms with Gasteiger partial charge in [-0.2, -0.15) is 0 Å². The van der Waals surface area contributed by atoms with Crippen LogP contribution in [0, 0.1) is 13.8 Å². The molecule has 4 rings (SSSR count). The third kappa shape index (κ3) is 3.73. The van der Waals surface area contributed by atoms with Crippen molar-refractivity contribution < 1.29 is 19.1 Å². The topological polar surface area (TPSA) is 117 Å². The summed E-state index contributed by atoms with van der Waals surface area (Å²) in [5.74, 6) is -0.426. The molecule has 2 aromatic heterocycles. The van der Waals surface area contributed by atoms with Crippen LogP contribution < -0.4 is 10.4 Å². The summed E-state index contributed by atoms with van der Waals surface area (Å²) in [5.41, 5.74) is 2.79. The molecule has 8 heteroatoms. The number of fused-ring (bicyclic) bond motifs is 2. The van der Waals surface area contributed by atoms with Gasteiger partial charge in [0.15, 0.2) is 12.3 Å². The lowest BCUT2D eigenvalue weighted by Gasteiger charge is -2.04. The molecule has 8 nitrogen and oxygen atoms in total. The van der Waals surface area contributed by atoms with Crippen molar-refractivity contribution in [1.82, 2.24) is 4.98 Å². The molecule has 0 aliphatic carbocycles. The lowest BCUT2D eigenvalue weighted by Crippen LogP contribution is -2.07. The molecule has 4 aromatic rings. The minimum Gasteiger partial charge on any atom is -0.493 e. The molecule has 2 aromatic carbocycles. The molecule has 0 radical (unpaired) electrons. The highest BCUT2D eigenvalue weighted by atomic mass is 16.5. The first-order valence-corrected chi connectivity index (χ1v) is 8.84. The van der Waals surface area contributed by atoms with E-state index in [1.807, 2.05) is 26.0 Å². The number of carbonyl (C=O) groups is 1. The largest absolute Gasteiger partial charge is 0.493 e. The van der Waals surface area contributed by atoms with E-state index in [1.54, 1.807) is 18.2 Å². The van der Waals surface area contributed by atoms with Crippen LogP contribution in [0.1, 0.15) is 11.1 Å². The molecule has 0 unspecified atom stereocenters. The van der Waals surface area contributed by atoms with Crippen LogP contribution in [0.15, 0.2) is 61.9 Å². The standard InChI is InChI=1S/C21H17N3O5/c1-11-7-12(2)19-15(8-11)20(21(27)22-19)24-23-17(25)10-28-14-5-3-13-4-6-18(26)29-16(13)9-14/h3-9,22,27H,10H2,1-2H3. The SMILES string of the molecule is Cc1cc(C)c2[nH]c(O)c(N=NC(=O)COc3ccc4ccc(=O)oc4c3)c2c1. The first-order chi connectivity index (χ1) is 13.9. The number of aromatic hydroxyl groups is 1. The number of aryl methyl sites for hydroxylation is 2. The van der Waals surface area contributed by atoms with Crippen LogP contribution in [0.4, 0.5) is 5.69 Å². The van der Waals surface area contributed by atoms with Crippen LogP contribution in [0.25, 0.3) is 21.9 Å². The summed E-state index contributed by atoms with van der Waals surface area (Å²) < 4.78 is 10.5. The number of hydrogen-bond donors (Lipinski definition) is 2. The van der Waals surface area contributed by atoms with E-state index in [0.29, 0.717) is 16.7 Å². The minimum absolute atomic E-state index is 0.157. The fraction of sp³-hybridized carbons (Fsp3) is 0.143. The lowest BCUT2D eigenvalue weighted by molar-refractivity contribution is -0.120. The van der Waals surface area contributed by atoms with Crippen LogP contribution in [-0.2, 0) is 4.79 Å². The normalized spacial score (nSPS) is 11.5. The Labute approximate surface area is 164 Å². The fourth-order valence-electron chi connectivity index (χ4n) is 3.14. The molecule has 0 atom stereocenters. The van der Waals surface area contributed by atoms with E-state index in [0.717, 1.165) is 22.0 Å². The maximum atomic E-state index is 12.1. The molecule has 0 fully saturated rings. The molecule has 0 aliphatic heterocycles. The number of rotatable bonds is 4. The third-order valence-corrected chi connectivity index (χ3v) is 4.42. The maximum absolute atomic E-state index is 12.1. The van der Waals surface area contributed by atoms with Gasteiger partial charge < -0.3 is 19.2 Å². The van der Waals surface area contributed by atoms with E-state index in [2.05, 4.69) is 15.2 Å². The van der Waals surface area contributed by atoms with E-state index < -0.39 is 11.5 Å². The predicted molar refractivity (Wildman–Crippen MR) is 107 cm³/mol. The first-order valence-electron chi connectivity index (χ1n) is 8.84. The molecule has 0 spiro atoms. The number of amides is 1. The highest BCUT2D eigenvalue weighted by molar-refractivity contribution is 5.96. The van der Waals surface area contributed by atoms with Crippen LogP contribution in [0.5, 0.6) is 11.6 Å². The summed E-state index contributed by atoms with van der Waals surface area (Å²) in [6.45, 7) is 3.49. The van der Waals surface area contributed by atoms with E-state index in [-0.39, 0.29) is 18.2 Å². The number of azo groups is 1. The Hall–Kier alpha value is -3.94. The van der Waals surface area contributed by atoms with Crippen LogP contribution >= 0.6 is 0 Å². The van der Waals surface area contributed by atoms with Crippen molar-refractivity contribution in [3.8, 4) is 11.6 Å². The average Bonchev–Trinajstić information content (AvgIpc) is 3.00. The summed E-state index contributed by atoms with van der Waals surface area (Å²) in [6, 6.07) is 11.7. The molecule has 0 aliphatic rings. The highest BCUT2D eigenvalue weighted by Gasteiger charge is 2.13. The van der Waals surface area contributed by atoms with E-state index in [1.165, 1.54) is 12.1 Å². The second-order valence-corrected chi connectivity index (χ2v) is 6.66. The number of carbonyl (C=O) groups excluding carboxylic acids is 1. The van der Waals surface area contributed by atoms with Crippen molar-refractivity contribution in [3.05, 3.63) is 64.0 Å². The number of benzene rings is 2. The summed E-state index contributed by atoms with van der Waals surface area (Å²) in [5, 5.41) is 19.1. The number of ether oxygens (including phenoxy) is 1. The van der Waals surface area contributed by atoms with Gasteiger partial charge in [0.05, 0.1) is 5.52 Å². The van der Waals surface area contributed by atoms with Crippen molar-refractivity contribution in [1.29, 1.82) is 0 Å². The summed E-state index contributed by atoms with van der Waals surface area (Å²) in [4.78, 5) is 26.2. The van der Waals surface area contributed by atoms with Gasteiger partial charge in [-0.1, -0.05) is 11.6 Å². The van der Waals surface area contributed by atoms with Crippen LogP contribution in [-0.4, -0.2) is 22.6 Å².